The number of hydrogen-bond donors (Lipinski definition) is 1. The average molecular weight is 267 g/mol. The van der Waals surface area contributed by atoms with Crippen LogP contribution >= 0.6 is 0 Å². The minimum Gasteiger partial charge on any atom is -0.383 e. The van der Waals surface area contributed by atoms with Crippen molar-refractivity contribution in [2.75, 3.05) is 25.6 Å². The van der Waals surface area contributed by atoms with E-state index in [1.54, 1.807) is 24.8 Å². The maximum absolute atomic E-state index is 13.8. The molecule has 0 aliphatic heterocycles. The van der Waals surface area contributed by atoms with E-state index in [2.05, 4.69) is 10.3 Å². The van der Waals surface area contributed by atoms with Crippen LogP contribution < -0.4 is 5.32 Å². The number of nitrogens with zero attached hydrogens (tertiary/aromatic N) is 2. The number of nitrogens with one attached hydrogen (secondary N) is 1. The quantitative estimate of drug-likeness (QED) is 0.846. The molecule has 1 aromatic carbocycles. The molecule has 2 rings (SSSR count). The van der Waals surface area contributed by atoms with Gasteiger partial charge in [-0.2, -0.15) is 0 Å². The molecule has 102 valence electrons. The van der Waals surface area contributed by atoms with Crippen molar-refractivity contribution >= 4 is 5.95 Å². The van der Waals surface area contributed by atoms with Gasteiger partial charge < -0.3 is 10.1 Å². The monoisotopic (exact) mass is 267 g/mol. The summed E-state index contributed by atoms with van der Waals surface area (Å²) in [6.45, 7) is 2.87. The molecule has 0 spiro atoms. The van der Waals surface area contributed by atoms with Crippen LogP contribution in [0.2, 0.25) is 0 Å². The molecule has 0 atom stereocenters. The van der Waals surface area contributed by atoms with Crippen LogP contribution in [0.15, 0.2) is 24.4 Å². The number of hydrogen-bond acceptors (Lipinski definition) is 3. The lowest BCUT2D eigenvalue weighted by atomic mass is 10.3. The molecule has 0 bridgehead atoms. The maximum atomic E-state index is 13.8. The van der Waals surface area contributed by atoms with Gasteiger partial charge in [0.2, 0.25) is 5.95 Å². The molecule has 1 N–H and O–H groups in total. The summed E-state index contributed by atoms with van der Waals surface area (Å²) in [7, 11) is 1.60. The van der Waals surface area contributed by atoms with Crippen molar-refractivity contribution in [3.63, 3.8) is 0 Å². The first-order valence-corrected chi connectivity index (χ1v) is 5.86. The van der Waals surface area contributed by atoms with Gasteiger partial charge in [0.25, 0.3) is 0 Å². The van der Waals surface area contributed by atoms with Crippen molar-refractivity contribution < 1.29 is 13.5 Å². The Morgan fingerprint density at radius 3 is 2.84 bits per heavy atom. The first kappa shape index (κ1) is 13.5. The Morgan fingerprint density at radius 2 is 2.16 bits per heavy atom. The molecular weight excluding hydrogens is 252 g/mol. The fourth-order valence-electron chi connectivity index (χ4n) is 1.75. The van der Waals surface area contributed by atoms with Gasteiger partial charge in [-0.1, -0.05) is 0 Å². The molecule has 0 saturated carbocycles. The molecule has 0 saturated heterocycles. The molecule has 0 aliphatic carbocycles. The SMILES string of the molecule is COCCNc1nc(C)cn1-c1ccc(F)cc1F. The topological polar surface area (TPSA) is 39.1 Å². The highest BCUT2D eigenvalue weighted by atomic mass is 19.1. The number of aromatic nitrogens is 2. The summed E-state index contributed by atoms with van der Waals surface area (Å²) in [4.78, 5) is 4.26. The lowest BCUT2D eigenvalue weighted by Crippen LogP contribution is -2.12. The van der Waals surface area contributed by atoms with Crippen LogP contribution in [0.4, 0.5) is 14.7 Å². The molecule has 1 heterocycles. The smallest absolute Gasteiger partial charge is 0.207 e. The Morgan fingerprint density at radius 1 is 1.37 bits per heavy atom. The summed E-state index contributed by atoms with van der Waals surface area (Å²) in [6.07, 6.45) is 1.69. The Balaban J connectivity index is 2.32. The number of imidazole rings is 1. The third kappa shape index (κ3) is 3.08. The van der Waals surface area contributed by atoms with Gasteiger partial charge in [0.15, 0.2) is 0 Å². The van der Waals surface area contributed by atoms with E-state index in [9.17, 15) is 8.78 Å². The summed E-state index contributed by atoms with van der Waals surface area (Å²) >= 11 is 0. The van der Waals surface area contributed by atoms with Gasteiger partial charge in [-0.25, -0.2) is 13.8 Å². The summed E-state index contributed by atoms with van der Waals surface area (Å²) < 4.78 is 33.2. The van der Waals surface area contributed by atoms with Gasteiger partial charge in [-0.05, 0) is 19.1 Å². The molecular formula is C13H15F2N3O. The molecule has 0 fully saturated rings. The van der Waals surface area contributed by atoms with Crippen LogP contribution in [0.1, 0.15) is 5.69 Å². The second-order valence-corrected chi connectivity index (χ2v) is 4.09. The molecule has 4 nitrogen and oxygen atoms in total. The Bertz CT molecular complexity index is 569. The van der Waals surface area contributed by atoms with Crippen LogP contribution in [-0.2, 0) is 4.74 Å². The van der Waals surface area contributed by atoms with Gasteiger partial charge in [0.1, 0.15) is 11.6 Å². The minimum absolute atomic E-state index is 0.252. The number of methoxy groups -OCH3 is 1. The zero-order valence-electron chi connectivity index (χ0n) is 10.8. The fraction of sp³-hybridized carbons (Fsp3) is 0.308. The fourth-order valence-corrected chi connectivity index (χ4v) is 1.75. The zero-order valence-corrected chi connectivity index (χ0v) is 10.8. The lowest BCUT2D eigenvalue weighted by Gasteiger charge is -2.10. The molecule has 0 unspecified atom stereocenters. The largest absolute Gasteiger partial charge is 0.383 e. The molecule has 19 heavy (non-hydrogen) atoms. The van der Waals surface area contributed by atoms with Crippen molar-refractivity contribution in [3.05, 3.63) is 41.7 Å². The van der Waals surface area contributed by atoms with Crippen molar-refractivity contribution in [3.8, 4) is 5.69 Å². The lowest BCUT2D eigenvalue weighted by molar-refractivity contribution is 0.210. The predicted octanol–water partition coefficient (Wildman–Crippen LogP) is 2.52. The zero-order chi connectivity index (χ0) is 13.8. The first-order valence-electron chi connectivity index (χ1n) is 5.86. The summed E-state index contributed by atoms with van der Waals surface area (Å²) in [5.74, 6) is -0.737. The van der Waals surface area contributed by atoms with E-state index in [1.807, 2.05) is 0 Å². The van der Waals surface area contributed by atoms with E-state index in [-0.39, 0.29) is 5.69 Å². The number of halogens is 2. The Kier molecular flexibility index (Phi) is 4.11. The minimum atomic E-state index is -0.632. The Labute approximate surface area is 110 Å². The standard InChI is InChI=1S/C13H15F2N3O/c1-9-8-18(13(17-9)16-5-6-19-2)12-4-3-10(14)7-11(12)15/h3-4,7-8H,5-6H2,1-2H3,(H,16,17). The Hall–Kier alpha value is -1.95. The first-order chi connectivity index (χ1) is 9.11. The van der Waals surface area contributed by atoms with Gasteiger partial charge in [0, 0.05) is 25.9 Å². The van der Waals surface area contributed by atoms with E-state index < -0.39 is 11.6 Å². The van der Waals surface area contributed by atoms with E-state index in [4.69, 9.17) is 4.74 Å². The highest BCUT2D eigenvalue weighted by molar-refractivity contribution is 5.44. The van der Waals surface area contributed by atoms with Gasteiger partial charge in [-0.15, -0.1) is 0 Å². The van der Waals surface area contributed by atoms with Gasteiger partial charge in [-0.3, -0.25) is 4.57 Å². The van der Waals surface area contributed by atoms with E-state index in [0.29, 0.717) is 19.1 Å². The van der Waals surface area contributed by atoms with E-state index >= 15 is 0 Å². The molecule has 2 aromatic rings. The maximum Gasteiger partial charge on any atom is 0.207 e. The van der Waals surface area contributed by atoms with Crippen molar-refractivity contribution in [1.29, 1.82) is 0 Å². The van der Waals surface area contributed by atoms with Crippen molar-refractivity contribution in [2.45, 2.75) is 6.92 Å². The second-order valence-electron chi connectivity index (χ2n) is 4.09. The number of benzene rings is 1. The molecule has 6 heteroatoms. The average Bonchev–Trinajstić information content (AvgIpc) is 2.71. The summed E-state index contributed by atoms with van der Waals surface area (Å²) in [5, 5.41) is 3.04. The third-order valence-electron chi connectivity index (χ3n) is 2.58. The van der Waals surface area contributed by atoms with Crippen LogP contribution in [0.3, 0.4) is 0 Å². The van der Waals surface area contributed by atoms with Gasteiger partial charge >= 0.3 is 0 Å². The molecule has 0 aliphatic rings. The van der Waals surface area contributed by atoms with E-state index in [1.165, 1.54) is 12.1 Å². The number of ether oxygens (including phenoxy) is 1. The van der Waals surface area contributed by atoms with Crippen molar-refractivity contribution in [2.24, 2.45) is 0 Å². The second kappa shape index (κ2) is 5.79. The third-order valence-corrected chi connectivity index (χ3v) is 2.58. The molecule has 0 radical (unpaired) electrons. The molecule has 1 aromatic heterocycles. The number of aryl methyl sites for hydroxylation is 1. The number of rotatable bonds is 5. The van der Waals surface area contributed by atoms with Crippen LogP contribution in [0.5, 0.6) is 0 Å². The van der Waals surface area contributed by atoms with Crippen molar-refractivity contribution in [1.82, 2.24) is 9.55 Å². The predicted molar refractivity (Wildman–Crippen MR) is 68.6 cm³/mol. The van der Waals surface area contributed by atoms with Crippen LogP contribution in [-0.4, -0.2) is 29.8 Å². The van der Waals surface area contributed by atoms with Crippen LogP contribution in [0.25, 0.3) is 5.69 Å². The van der Waals surface area contributed by atoms with Gasteiger partial charge in [0.05, 0.1) is 18.0 Å². The van der Waals surface area contributed by atoms with E-state index in [0.717, 1.165) is 11.8 Å². The highest BCUT2D eigenvalue weighted by Gasteiger charge is 2.11. The summed E-state index contributed by atoms with van der Waals surface area (Å²) in [6, 6.07) is 3.45. The number of anilines is 1. The highest BCUT2D eigenvalue weighted by Crippen LogP contribution is 2.20. The molecule has 0 amide bonds. The van der Waals surface area contributed by atoms with Crippen LogP contribution in [0, 0.1) is 18.6 Å². The summed E-state index contributed by atoms with van der Waals surface area (Å²) in [5.41, 5.74) is 0.991. The normalized spacial score (nSPS) is 10.7.